The van der Waals surface area contributed by atoms with Gasteiger partial charge >= 0.3 is 0 Å². The van der Waals surface area contributed by atoms with Crippen molar-refractivity contribution >= 4 is 24.0 Å². The van der Waals surface area contributed by atoms with E-state index >= 15 is 0 Å². The van der Waals surface area contributed by atoms with Gasteiger partial charge in [0.1, 0.15) is 8.07 Å². The normalized spacial score (nSPS) is 17.6. The third-order valence-corrected chi connectivity index (χ3v) is 12.0. The van der Waals surface area contributed by atoms with Crippen LogP contribution in [0.5, 0.6) is 0 Å². The summed E-state index contributed by atoms with van der Waals surface area (Å²) in [4.78, 5) is 19.8. The second kappa shape index (κ2) is 11.6. The third kappa shape index (κ3) is 5.10. The van der Waals surface area contributed by atoms with E-state index in [0.29, 0.717) is 5.92 Å². The van der Waals surface area contributed by atoms with Crippen molar-refractivity contribution < 1.29 is 0 Å². The second-order valence-corrected chi connectivity index (χ2v) is 16.2. The van der Waals surface area contributed by atoms with E-state index in [9.17, 15) is 0 Å². The molecule has 0 bridgehead atoms. The average Bonchev–Trinajstić information content (AvgIpc) is 3.33. The number of hydrogen-bond donors (Lipinski definition) is 0. The Hall–Kier alpha value is -5.00. The molecule has 0 spiro atoms. The maximum Gasteiger partial charge on any atom is 0.119 e. The molecule has 1 aromatic carbocycles. The third-order valence-electron chi connectivity index (χ3n) is 8.53. The van der Waals surface area contributed by atoms with E-state index in [2.05, 4.69) is 115 Å². The number of nitrogens with zero attached hydrogens (tertiary/aromatic N) is 4. The van der Waals surface area contributed by atoms with Crippen LogP contribution >= 0.6 is 0 Å². The highest BCUT2D eigenvalue weighted by Gasteiger charge is 2.45. The number of benzene rings is 1. The van der Waals surface area contributed by atoms with Gasteiger partial charge < -0.3 is 0 Å². The Morgan fingerprint density at radius 1 is 0.568 bits per heavy atom. The van der Waals surface area contributed by atoms with Crippen LogP contribution in [-0.4, -0.2) is 28.0 Å². The molecule has 1 aliphatic heterocycles. The first-order valence-electron chi connectivity index (χ1n) is 15.2. The molecule has 1 unspecified atom stereocenters. The molecule has 4 nitrogen and oxygen atoms in total. The molecule has 214 valence electrons. The highest BCUT2D eigenvalue weighted by Crippen LogP contribution is 2.54. The molecule has 5 heteroatoms. The smallest absolute Gasteiger partial charge is 0.119 e. The van der Waals surface area contributed by atoms with Crippen molar-refractivity contribution in [2.24, 2.45) is 5.92 Å². The summed E-state index contributed by atoms with van der Waals surface area (Å²) in [7, 11) is -2.42. The van der Waals surface area contributed by atoms with Crippen molar-refractivity contribution in [1.29, 1.82) is 0 Å². The predicted octanol–water partition coefficient (Wildman–Crippen LogP) is 9.29. The van der Waals surface area contributed by atoms with E-state index in [1.165, 1.54) is 32.7 Å². The summed E-state index contributed by atoms with van der Waals surface area (Å²) in [5, 5.41) is 2.66. The fourth-order valence-electron chi connectivity index (χ4n) is 6.45. The maximum absolute atomic E-state index is 5.31. The zero-order chi connectivity index (χ0) is 30.1. The molecule has 0 fully saturated rings. The zero-order valence-electron chi connectivity index (χ0n) is 25.3. The number of aromatic nitrogens is 4. The quantitative estimate of drug-likeness (QED) is 0.186. The van der Waals surface area contributed by atoms with E-state index in [-0.39, 0.29) is 0 Å². The first kappa shape index (κ1) is 27.8. The Morgan fingerprint density at radius 3 is 1.61 bits per heavy atom. The minimum absolute atomic E-state index is 0.514. The summed E-state index contributed by atoms with van der Waals surface area (Å²) in [6, 6.07) is 35.5. The molecule has 0 saturated carbocycles. The molecule has 4 aromatic heterocycles. The minimum Gasteiger partial charge on any atom is -0.255 e. The van der Waals surface area contributed by atoms with Crippen molar-refractivity contribution in [2.45, 2.75) is 26.4 Å². The molecule has 0 radical (unpaired) electrons. The van der Waals surface area contributed by atoms with E-state index in [1.807, 2.05) is 48.8 Å². The summed E-state index contributed by atoms with van der Waals surface area (Å²) in [5.41, 5.74) is 10.5. The Balaban J connectivity index is 1.51. The van der Waals surface area contributed by atoms with Crippen molar-refractivity contribution in [3.8, 4) is 22.8 Å². The molecule has 1 atom stereocenters. The van der Waals surface area contributed by atoms with E-state index < -0.39 is 8.07 Å². The summed E-state index contributed by atoms with van der Waals surface area (Å²) < 4.78 is 0. The Labute approximate surface area is 260 Å². The van der Waals surface area contributed by atoms with Crippen LogP contribution in [-0.2, 0) is 0 Å². The van der Waals surface area contributed by atoms with Crippen LogP contribution in [0.25, 0.3) is 38.7 Å². The SMILES string of the molecule is CC1C=CC(C2=C(c3cccc(-c4ccccn4)n3)[Si](C)(C)C(c3cccc(-c4ccccn4)n3)=C2c2ccccc2)=CC1. The molecule has 1 aliphatic carbocycles. The monoisotopic (exact) mass is 586 g/mol. The lowest BCUT2D eigenvalue weighted by molar-refractivity contribution is 0.732. The van der Waals surface area contributed by atoms with E-state index in [0.717, 1.165) is 40.6 Å². The van der Waals surface area contributed by atoms with Gasteiger partial charge in [-0.3, -0.25) is 9.97 Å². The largest absolute Gasteiger partial charge is 0.255 e. The topological polar surface area (TPSA) is 51.6 Å². The van der Waals surface area contributed by atoms with Crippen molar-refractivity contribution in [2.75, 3.05) is 0 Å². The Kier molecular flexibility index (Phi) is 7.32. The molecule has 2 aliphatic rings. The Morgan fingerprint density at radius 2 is 1.09 bits per heavy atom. The summed E-state index contributed by atoms with van der Waals surface area (Å²) in [5.74, 6) is 0.514. The summed E-state index contributed by atoms with van der Waals surface area (Å²) in [6.45, 7) is 7.18. The molecule has 0 N–H and O–H groups in total. The highest BCUT2D eigenvalue weighted by atomic mass is 28.3. The van der Waals surface area contributed by atoms with Crippen molar-refractivity contribution in [3.63, 3.8) is 0 Å². The first-order chi connectivity index (χ1) is 21.5. The van der Waals surface area contributed by atoms with Gasteiger partial charge in [-0.2, -0.15) is 0 Å². The van der Waals surface area contributed by atoms with Gasteiger partial charge in [0.15, 0.2) is 0 Å². The molecule has 5 heterocycles. The van der Waals surface area contributed by atoms with Gasteiger partial charge in [-0.25, -0.2) is 9.97 Å². The predicted molar refractivity (Wildman–Crippen MR) is 184 cm³/mol. The number of pyridine rings is 4. The fourth-order valence-corrected chi connectivity index (χ4v) is 10.1. The van der Waals surface area contributed by atoms with Crippen LogP contribution in [0.15, 0.2) is 145 Å². The van der Waals surface area contributed by atoms with Crippen LogP contribution < -0.4 is 0 Å². The maximum atomic E-state index is 5.31. The molecule has 7 rings (SSSR count). The second-order valence-electron chi connectivity index (χ2n) is 12.0. The van der Waals surface area contributed by atoms with Crippen LogP contribution in [0.4, 0.5) is 0 Å². The van der Waals surface area contributed by atoms with Crippen LogP contribution in [0, 0.1) is 5.92 Å². The van der Waals surface area contributed by atoms with Gasteiger partial charge in [-0.1, -0.05) is 92.8 Å². The van der Waals surface area contributed by atoms with Gasteiger partial charge in [0, 0.05) is 12.4 Å². The number of rotatable bonds is 6. The van der Waals surface area contributed by atoms with Gasteiger partial charge in [0.25, 0.3) is 0 Å². The Bertz CT molecular complexity index is 1960. The molecule has 0 amide bonds. The summed E-state index contributed by atoms with van der Waals surface area (Å²) >= 11 is 0. The van der Waals surface area contributed by atoms with Crippen LogP contribution in [0.3, 0.4) is 0 Å². The molecule has 5 aromatic rings. The minimum atomic E-state index is -2.42. The van der Waals surface area contributed by atoms with Gasteiger partial charge in [0.2, 0.25) is 0 Å². The zero-order valence-corrected chi connectivity index (χ0v) is 26.3. The fraction of sp³-hybridized carbons (Fsp3) is 0.128. The van der Waals surface area contributed by atoms with Gasteiger partial charge in [0.05, 0.1) is 34.2 Å². The lowest BCUT2D eigenvalue weighted by Gasteiger charge is -2.26. The van der Waals surface area contributed by atoms with Gasteiger partial charge in [-0.15, -0.1) is 0 Å². The number of hydrogen-bond acceptors (Lipinski definition) is 4. The highest BCUT2D eigenvalue weighted by molar-refractivity contribution is 7.11. The van der Waals surface area contributed by atoms with E-state index in [4.69, 9.17) is 9.97 Å². The van der Waals surface area contributed by atoms with E-state index in [1.54, 1.807) is 0 Å². The standard InChI is InChI=1S/C39H34N4Si/c1-27-21-23-29(24-22-27)37-36(28-13-5-4-6-14-28)38(34-19-11-17-32(42-34)30-15-7-9-25-40-30)44(2,3)39(37)35-20-12-18-33(43-35)31-16-8-10-26-41-31/h4-21,23-27H,22H2,1-3H3. The van der Waals surface area contributed by atoms with Crippen molar-refractivity contribution in [3.05, 3.63) is 162 Å². The molecule has 44 heavy (non-hydrogen) atoms. The van der Waals surface area contributed by atoms with Gasteiger partial charge in [-0.05, 0) is 93.5 Å². The van der Waals surface area contributed by atoms with Crippen LogP contribution in [0.1, 0.15) is 30.3 Å². The average molecular weight is 587 g/mol. The van der Waals surface area contributed by atoms with Crippen molar-refractivity contribution in [1.82, 2.24) is 19.9 Å². The van der Waals surface area contributed by atoms with Crippen LogP contribution in [0.2, 0.25) is 13.1 Å². The molecule has 0 saturated heterocycles. The molecular weight excluding hydrogens is 553 g/mol. The summed E-state index contributed by atoms with van der Waals surface area (Å²) in [6.07, 6.45) is 11.7. The lowest BCUT2D eigenvalue weighted by Crippen LogP contribution is -2.29. The number of allylic oxidation sites excluding steroid dienone is 6. The molecular formula is C39H34N4Si. The lowest BCUT2D eigenvalue weighted by atomic mass is 9.86. The first-order valence-corrected chi connectivity index (χ1v) is 18.2.